The smallest absolute Gasteiger partial charge is 0.382 e. The molecule has 0 radical (unpaired) electrons. The van der Waals surface area contributed by atoms with Crippen molar-refractivity contribution in [3.05, 3.63) is 58.6 Å². The van der Waals surface area contributed by atoms with Crippen LogP contribution in [0.3, 0.4) is 0 Å². The fourth-order valence-electron chi connectivity index (χ4n) is 4.25. The third-order valence-corrected chi connectivity index (χ3v) is 6.10. The second-order valence-corrected chi connectivity index (χ2v) is 8.87. The van der Waals surface area contributed by atoms with Crippen molar-refractivity contribution >= 4 is 23.5 Å². The maximum atomic E-state index is 13.4. The topological polar surface area (TPSA) is 76.1 Å². The molecule has 6 nitrogen and oxygen atoms in total. The Labute approximate surface area is 192 Å². The maximum Gasteiger partial charge on any atom is 0.382 e. The van der Waals surface area contributed by atoms with Crippen LogP contribution in [0.15, 0.2) is 42.5 Å². The molecule has 2 aromatic carbocycles. The van der Waals surface area contributed by atoms with E-state index in [2.05, 4.69) is 11.8 Å². The van der Waals surface area contributed by atoms with Gasteiger partial charge in [-0.25, -0.2) is 4.79 Å². The van der Waals surface area contributed by atoms with Gasteiger partial charge in [-0.15, -0.1) is 0 Å². The zero-order valence-corrected chi connectivity index (χ0v) is 18.7. The number of nitrogens with zero attached hydrogens (tertiary/aromatic N) is 1. The third-order valence-electron chi connectivity index (χ3n) is 5.85. The molecule has 32 heavy (non-hydrogen) atoms. The van der Waals surface area contributed by atoms with Crippen LogP contribution in [0.25, 0.3) is 0 Å². The Morgan fingerprint density at radius 2 is 1.72 bits per heavy atom. The number of likely N-dealkylation sites (tertiary alicyclic amines) is 1. The fraction of sp³-hybridized carbons (Fsp3) is 0.360. The number of carbonyl (C=O) groups is 2. The van der Waals surface area contributed by atoms with Crippen LogP contribution >= 0.6 is 11.6 Å². The molecule has 1 fully saturated rings. The number of fused-ring (bicyclic) bond motifs is 1. The lowest BCUT2D eigenvalue weighted by Crippen LogP contribution is -2.52. The molecule has 0 aliphatic carbocycles. The van der Waals surface area contributed by atoms with Crippen molar-refractivity contribution in [2.45, 2.75) is 38.4 Å². The monoisotopic (exact) mass is 453 g/mol. The summed E-state index contributed by atoms with van der Waals surface area (Å²) in [5.41, 5.74) is 1.51. The van der Waals surface area contributed by atoms with E-state index in [1.54, 1.807) is 18.2 Å². The van der Waals surface area contributed by atoms with Gasteiger partial charge in [-0.1, -0.05) is 43.5 Å². The predicted octanol–water partition coefficient (Wildman–Crippen LogP) is 4.31. The first kappa shape index (κ1) is 22.0. The summed E-state index contributed by atoms with van der Waals surface area (Å²) in [6.45, 7) is 5.14. The van der Waals surface area contributed by atoms with Crippen molar-refractivity contribution in [1.82, 2.24) is 4.90 Å². The van der Waals surface area contributed by atoms with Gasteiger partial charge in [0, 0.05) is 42.4 Å². The number of piperidine rings is 1. The number of hydrogen-bond donors (Lipinski definition) is 1. The lowest BCUT2D eigenvalue weighted by atomic mass is 9.86. The van der Waals surface area contributed by atoms with Crippen LogP contribution in [0.5, 0.6) is 11.5 Å². The van der Waals surface area contributed by atoms with E-state index < -0.39 is 11.8 Å². The van der Waals surface area contributed by atoms with Gasteiger partial charge in [-0.3, -0.25) is 4.79 Å². The van der Waals surface area contributed by atoms with Crippen LogP contribution in [0, 0.1) is 17.8 Å². The number of halogens is 1. The number of amides is 1. The molecule has 1 saturated heterocycles. The number of carboxylic acid groups (broad SMARTS) is 1. The van der Waals surface area contributed by atoms with E-state index in [4.69, 9.17) is 26.2 Å². The van der Waals surface area contributed by atoms with E-state index in [-0.39, 0.29) is 17.7 Å². The first-order valence-corrected chi connectivity index (χ1v) is 11.0. The van der Waals surface area contributed by atoms with Crippen molar-refractivity contribution < 1.29 is 24.2 Å². The van der Waals surface area contributed by atoms with Crippen LogP contribution < -0.4 is 9.47 Å². The first-order chi connectivity index (χ1) is 15.3. The summed E-state index contributed by atoms with van der Waals surface area (Å²) in [6, 6.07) is 12.6. The van der Waals surface area contributed by atoms with Gasteiger partial charge < -0.3 is 19.5 Å². The molecule has 2 aliphatic rings. The minimum Gasteiger partial charge on any atom is -0.472 e. The van der Waals surface area contributed by atoms with Crippen LogP contribution in [-0.2, 0) is 9.59 Å². The van der Waals surface area contributed by atoms with Crippen molar-refractivity contribution in [3.63, 3.8) is 0 Å². The summed E-state index contributed by atoms with van der Waals surface area (Å²) in [4.78, 5) is 25.9. The van der Waals surface area contributed by atoms with Crippen LogP contribution in [0.2, 0.25) is 5.02 Å². The highest BCUT2D eigenvalue weighted by Gasteiger charge is 2.46. The Bertz CT molecular complexity index is 1090. The zero-order chi connectivity index (χ0) is 22.9. The highest BCUT2D eigenvalue weighted by Crippen LogP contribution is 2.44. The molecule has 1 amide bonds. The lowest BCUT2D eigenvalue weighted by molar-refractivity contribution is -0.148. The Hall–Kier alpha value is -3.17. The van der Waals surface area contributed by atoms with Crippen molar-refractivity contribution in [3.8, 4) is 23.3 Å². The number of aliphatic carboxylic acids is 1. The highest BCUT2D eigenvalue weighted by atomic mass is 35.5. The third kappa shape index (κ3) is 4.53. The summed E-state index contributed by atoms with van der Waals surface area (Å²) >= 11 is 6.02. The number of rotatable bonds is 3. The van der Waals surface area contributed by atoms with Gasteiger partial charge in [0.15, 0.2) is 11.5 Å². The SMILES string of the molecule is CC(C)[C@H](C(=O)N1CCC2(CC1)Oc1ccc(C#CC(=O)O)cc1O2)c1ccc(Cl)cc1. The summed E-state index contributed by atoms with van der Waals surface area (Å²) < 4.78 is 12.2. The van der Waals surface area contributed by atoms with Crippen LogP contribution in [-0.4, -0.2) is 40.8 Å². The second kappa shape index (κ2) is 8.76. The number of benzene rings is 2. The van der Waals surface area contributed by atoms with Crippen LogP contribution in [0.1, 0.15) is 43.7 Å². The Kier molecular flexibility index (Phi) is 6.03. The molecule has 2 aliphatic heterocycles. The minimum absolute atomic E-state index is 0.0962. The van der Waals surface area contributed by atoms with Gasteiger partial charge in [0.2, 0.25) is 5.91 Å². The van der Waals surface area contributed by atoms with Gasteiger partial charge in [-0.2, -0.15) is 0 Å². The van der Waals surface area contributed by atoms with Crippen molar-refractivity contribution in [2.24, 2.45) is 5.92 Å². The fourth-order valence-corrected chi connectivity index (χ4v) is 4.37. The molecule has 0 bridgehead atoms. The van der Waals surface area contributed by atoms with E-state index in [0.29, 0.717) is 48.0 Å². The van der Waals surface area contributed by atoms with Gasteiger partial charge in [0.05, 0.1) is 5.92 Å². The number of carboxylic acids is 1. The molecule has 1 atom stereocenters. The van der Waals surface area contributed by atoms with E-state index in [0.717, 1.165) is 5.56 Å². The van der Waals surface area contributed by atoms with E-state index in [1.807, 2.05) is 43.0 Å². The average Bonchev–Trinajstić information content (AvgIpc) is 3.10. The van der Waals surface area contributed by atoms with Crippen LogP contribution in [0.4, 0.5) is 0 Å². The molecular weight excluding hydrogens is 430 g/mol. The largest absolute Gasteiger partial charge is 0.472 e. The lowest BCUT2D eigenvalue weighted by Gasteiger charge is -2.39. The number of hydrogen-bond acceptors (Lipinski definition) is 4. The molecule has 2 aromatic rings. The quantitative estimate of drug-likeness (QED) is 0.701. The molecular formula is C25H24ClNO5. The molecule has 0 aromatic heterocycles. The van der Waals surface area contributed by atoms with E-state index in [9.17, 15) is 9.59 Å². The predicted molar refractivity (Wildman–Crippen MR) is 120 cm³/mol. The number of ether oxygens (including phenoxy) is 2. The molecule has 1 N–H and O–H groups in total. The van der Waals surface area contributed by atoms with Crippen molar-refractivity contribution in [2.75, 3.05) is 13.1 Å². The van der Waals surface area contributed by atoms with Gasteiger partial charge in [0.1, 0.15) is 0 Å². The maximum absolute atomic E-state index is 13.4. The average molecular weight is 454 g/mol. The molecule has 2 heterocycles. The minimum atomic E-state index is -1.19. The standard InChI is InChI=1S/C25H24ClNO5/c1-16(2)23(18-5-7-19(26)8-6-18)24(30)27-13-11-25(12-14-27)31-20-9-3-17(4-10-22(28)29)15-21(20)32-25/h3,5-9,15-16,23H,11-14H2,1-2H3,(H,28,29)/t23-/m0/s1. The summed E-state index contributed by atoms with van der Waals surface area (Å²) in [5, 5.41) is 9.38. The zero-order valence-electron chi connectivity index (χ0n) is 17.9. The Morgan fingerprint density at radius 1 is 1.06 bits per heavy atom. The highest BCUT2D eigenvalue weighted by molar-refractivity contribution is 6.30. The summed E-state index contributed by atoms with van der Waals surface area (Å²) in [6.07, 6.45) is 1.07. The summed E-state index contributed by atoms with van der Waals surface area (Å²) in [5.74, 6) is 3.83. The van der Waals surface area contributed by atoms with Crippen molar-refractivity contribution in [1.29, 1.82) is 0 Å². The summed E-state index contributed by atoms with van der Waals surface area (Å²) in [7, 11) is 0. The second-order valence-electron chi connectivity index (χ2n) is 8.43. The first-order valence-electron chi connectivity index (χ1n) is 10.6. The van der Waals surface area contributed by atoms with E-state index >= 15 is 0 Å². The van der Waals surface area contributed by atoms with E-state index in [1.165, 1.54) is 0 Å². The molecule has 0 unspecified atom stereocenters. The molecule has 1 spiro atoms. The Balaban J connectivity index is 1.44. The van der Waals surface area contributed by atoms with Gasteiger partial charge >= 0.3 is 5.97 Å². The normalized spacial score (nSPS) is 17.1. The molecule has 4 rings (SSSR count). The Morgan fingerprint density at radius 3 is 2.34 bits per heavy atom. The molecule has 0 saturated carbocycles. The molecule has 7 heteroatoms. The molecule has 166 valence electrons. The number of carbonyl (C=O) groups excluding carboxylic acids is 1. The van der Waals surface area contributed by atoms with Gasteiger partial charge in [0.25, 0.3) is 5.79 Å². The van der Waals surface area contributed by atoms with Gasteiger partial charge in [-0.05, 0) is 41.8 Å².